The van der Waals surface area contributed by atoms with Crippen molar-refractivity contribution < 1.29 is 9.53 Å². The second kappa shape index (κ2) is 8.41. The summed E-state index contributed by atoms with van der Waals surface area (Å²) in [4.78, 5) is 27.8. The van der Waals surface area contributed by atoms with E-state index < -0.39 is 0 Å². The number of rotatable bonds is 7. The van der Waals surface area contributed by atoms with Gasteiger partial charge in [0.1, 0.15) is 5.75 Å². The minimum Gasteiger partial charge on any atom is -0.483 e. The summed E-state index contributed by atoms with van der Waals surface area (Å²) < 4.78 is 7.06. The Kier molecular flexibility index (Phi) is 5.77. The number of nitrogens with zero attached hydrogens (tertiary/aromatic N) is 3. The first-order chi connectivity index (χ1) is 12.2. The highest BCUT2D eigenvalue weighted by Gasteiger charge is 2.15. The van der Waals surface area contributed by atoms with Crippen LogP contribution in [-0.4, -0.2) is 33.8 Å². The molecule has 0 radical (unpaired) electrons. The van der Waals surface area contributed by atoms with Gasteiger partial charge in [-0.3, -0.25) is 14.6 Å². The molecule has 1 amide bonds. The number of amides is 1. The summed E-state index contributed by atoms with van der Waals surface area (Å²) >= 11 is 0. The van der Waals surface area contributed by atoms with E-state index in [4.69, 9.17) is 4.74 Å². The zero-order valence-electron chi connectivity index (χ0n) is 14.1. The minimum atomic E-state index is -0.172. The smallest absolute Gasteiger partial charge is 0.266 e. The summed E-state index contributed by atoms with van der Waals surface area (Å²) in [5.74, 6) is 0.592. The predicted octanol–water partition coefficient (Wildman–Crippen LogP) is 1.10. The molecule has 1 aliphatic rings. The lowest BCUT2D eigenvalue weighted by molar-refractivity contribution is -0.123. The number of aromatic nitrogens is 3. The van der Waals surface area contributed by atoms with Gasteiger partial charge in [0.25, 0.3) is 11.5 Å². The molecular formula is C18H22N4O3. The van der Waals surface area contributed by atoms with Crippen LogP contribution in [0.15, 0.2) is 35.4 Å². The zero-order chi connectivity index (χ0) is 17.5. The number of aryl methyl sites for hydroxylation is 2. The number of nitrogens with one attached hydrogen (secondary N) is 1. The topological polar surface area (TPSA) is 86.1 Å². The van der Waals surface area contributed by atoms with Gasteiger partial charge in [-0.1, -0.05) is 0 Å². The van der Waals surface area contributed by atoms with E-state index in [1.807, 2.05) is 6.07 Å². The maximum absolute atomic E-state index is 11.9. The summed E-state index contributed by atoms with van der Waals surface area (Å²) in [6.07, 6.45) is 8.17. The normalized spacial score (nSPS) is 13.1. The Balaban J connectivity index is 1.42. The fourth-order valence-electron chi connectivity index (χ4n) is 2.93. The second-order valence-electron chi connectivity index (χ2n) is 6.02. The summed E-state index contributed by atoms with van der Waals surface area (Å²) in [7, 11) is 0. The van der Waals surface area contributed by atoms with Crippen molar-refractivity contribution in [2.75, 3.05) is 13.2 Å². The van der Waals surface area contributed by atoms with Gasteiger partial charge in [0.05, 0.1) is 0 Å². The molecule has 0 unspecified atom stereocenters. The third-order valence-electron chi connectivity index (χ3n) is 4.21. The van der Waals surface area contributed by atoms with E-state index in [1.165, 1.54) is 10.7 Å². The summed E-state index contributed by atoms with van der Waals surface area (Å²) in [6, 6.07) is 4.90. The first-order valence-electron chi connectivity index (χ1n) is 8.62. The summed E-state index contributed by atoms with van der Waals surface area (Å²) in [5.41, 5.74) is 2.08. The Morgan fingerprint density at radius 3 is 3.00 bits per heavy atom. The van der Waals surface area contributed by atoms with Crippen molar-refractivity contribution >= 4 is 5.91 Å². The van der Waals surface area contributed by atoms with Crippen LogP contribution in [0.2, 0.25) is 0 Å². The quantitative estimate of drug-likeness (QED) is 0.762. The van der Waals surface area contributed by atoms with Crippen molar-refractivity contribution in [1.29, 1.82) is 0 Å². The molecule has 0 aromatic carbocycles. The lowest BCUT2D eigenvalue weighted by Gasteiger charge is -2.18. The van der Waals surface area contributed by atoms with Crippen LogP contribution in [0, 0.1) is 0 Å². The fraction of sp³-hybridized carbons (Fsp3) is 0.444. The average Bonchev–Trinajstić information content (AvgIpc) is 2.65. The second-order valence-corrected chi connectivity index (χ2v) is 6.02. The van der Waals surface area contributed by atoms with Crippen LogP contribution in [0.3, 0.4) is 0 Å². The van der Waals surface area contributed by atoms with Gasteiger partial charge < -0.3 is 10.1 Å². The molecule has 2 heterocycles. The van der Waals surface area contributed by atoms with Crippen LogP contribution < -0.4 is 15.6 Å². The van der Waals surface area contributed by atoms with E-state index in [2.05, 4.69) is 15.4 Å². The number of ether oxygens (including phenoxy) is 1. The van der Waals surface area contributed by atoms with Gasteiger partial charge in [0.2, 0.25) is 0 Å². The van der Waals surface area contributed by atoms with Crippen molar-refractivity contribution in [1.82, 2.24) is 20.1 Å². The lowest BCUT2D eigenvalue weighted by atomic mass is 9.95. The average molecular weight is 342 g/mol. The number of hydrogen-bond acceptors (Lipinski definition) is 5. The van der Waals surface area contributed by atoms with Crippen molar-refractivity contribution in [3.8, 4) is 5.75 Å². The molecule has 0 saturated heterocycles. The molecule has 1 N–H and O–H groups in total. The molecule has 3 rings (SSSR count). The maximum atomic E-state index is 11.9. The highest BCUT2D eigenvalue weighted by Crippen LogP contribution is 2.27. The van der Waals surface area contributed by atoms with Gasteiger partial charge in [-0.25, -0.2) is 4.68 Å². The molecule has 0 bridgehead atoms. The van der Waals surface area contributed by atoms with Gasteiger partial charge in [0, 0.05) is 42.8 Å². The minimum absolute atomic E-state index is 0.0139. The van der Waals surface area contributed by atoms with Crippen LogP contribution in [0.4, 0.5) is 0 Å². The zero-order valence-corrected chi connectivity index (χ0v) is 14.1. The van der Waals surface area contributed by atoms with Gasteiger partial charge >= 0.3 is 0 Å². The molecule has 0 atom stereocenters. The Morgan fingerprint density at radius 2 is 2.12 bits per heavy atom. The van der Waals surface area contributed by atoms with E-state index in [1.54, 1.807) is 18.5 Å². The third kappa shape index (κ3) is 4.65. The molecule has 132 valence electrons. The van der Waals surface area contributed by atoms with Gasteiger partial charge in [0.15, 0.2) is 6.61 Å². The summed E-state index contributed by atoms with van der Waals surface area (Å²) in [6.45, 7) is 0.929. The Bertz CT molecular complexity index is 788. The van der Waals surface area contributed by atoms with Crippen molar-refractivity contribution in [2.45, 2.75) is 38.6 Å². The molecule has 25 heavy (non-hydrogen) atoms. The van der Waals surface area contributed by atoms with Crippen molar-refractivity contribution in [3.05, 3.63) is 52.2 Å². The van der Waals surface area contributed by atoms with Crippen LogP contribution in [0.25, 0.3) is 0 Å². The molecule has 7 heteroatoms. The van der Waals surface area contributed by atoms with E-state index in [9.17, 15) is 9.59 Å². The van der Waals surface area contributed by atoms with E-state index in [-0.39, 0.29) is 18.1 Å². The van der Waals surface area contributed by atoms with Crippen LogP contribution in [0.5, 0.6) is 5.75 Å². The molecule has 0 fully saturated rings. The number of fused-ring (bicyclic) bond motifs is 1. The Hall–Kier alpha value is -2.70. The van der Waals surface area contributed by atoms with Crippen LogP contribution in [-0.2, 0) is 24.2 Å². The van der Waals surface area contributed by atoms with Crippen LogP contribution >= 0.6 is 0 Å². The molecule has 1 aliphatic carbocycles. The van der Waals surface area contributed by atoms with E-state index in [0.717, 1.165) is 42.7 Å². The van der Waals surface area contributed by atoms with Gasteiger partial charge in [-0.05, 0) is 44.2 Å². The SMILES string of the molecule is O=C(COc1ccnc2c1CCCC2)NCCCn1ncccc1=O. The summed E-state index contributed by atoms with van der Waals surface area (Å²) in [5, 5.41) is 6.77. The van der Waals surface area contributed by atoms with E-state index in [0.29, 0.717) is 19.5 Å². The maximum Gasteiger partial charge on any atom is 0.266 e. The number of pyridine rings is 1. The van der Waals surface area contributed by atoms with Gasteiger partial charge in [-0.15, -0.1) is 0 Å². The molecular weight excluding hydrogens is 320 g/mol. The van der Waals surface area contributed by atoms with Crippen LogP contribution in [0.1, 0.15) is 30.5 Å². The van der Waals surface area contributed by atoms with E-state index >= 15 is 0 Å². The lowest BCUT2D eigenvalue weighted by Crippen LogP contribution is -2.31. The molecule has 0 aliphatic heterocycles. The highest BCUT2D eigenvalue weighted by atomic mass is 16.5. The monoisotopic (exact) mass is 342 g/mol. The number of hydrogen-bond donors (Lipinski definition) is 1. The van der Waals surface area contributed by atoms with Crippen molar-refractivity contribution in [3.63, 3.8) is 0 Å². The first kappa shape index (κ1) is 17.1. The fourth-order valence-corrected chi connectivity index (χ4v) is 2.93. The predicted molar refractivity (Wildman–Crippen MR) is 92.5 cm³/mol. The number of carbonyl (C=O) groups excluding carboxylic acids is 1. The van der Waals surface area contributed by atoms with Gasteiger partial charge in [-0.2, -0.15) is 5.10 Å². The first-order valence-corrected chi connectivity index (χ1v) is 8.62. The number of carbonyl (C=O) groups is 1. The molecule has 0 spiro atoms. The molecule has 7 nitrogen and oxygen atoms in total. The molecule has 2 aromatic heterocycles. The standard InChI is InChI=1S/C18H22N4O3/c23-17(20-9-4-12-22-18(24)7-3-10-21-22)13-25-16-8-11-19-15-6-2-1-5-14(15)16/h3,7-8,10-11H,1-2,4-6,9,12-13H2,(H,20,23). The third-order valence-corrected chi connectivity index (χ3v) is 4.21. The Labute approximate surface area is 146 Å². The molecule has 2 aromatic rings. The largest absolute Gasteiger partial charge is 0.483 e. The Morgan fingerprint density at radius 1 is 1.24 bits per heavy atom. The highest BCUT2D eigenvalue weighted by molar-refractivity contribution is 5.77. The van der Waals surface area contributed by atoms with Crippen molar-refractivity contribution in [2.24, 2.45) is 0 Å². The molecule has 0 saturated carbocycles.